The van der Waals surface area contributed by atoms with Gasteiger partial charge in [-0.1, -0.05) is 6.07 Å². The van der Waals surface area contributed by atoms with Gasteiger partial charge in [0, 0.05) is 31.1 Å². The van der Waals surface area contributed by atoms with Crippen molar-refractivity contribution in [3.8, 4) is 11.5 Å². The highest BCUT2D eigenvalue weighted by Crippen LogP contribution is 2.28. The summed E-state index contributed by atoms with van der Waals surface area (Å²) in [6, 6.07) is 8.51. The number of nitrogens with zero attached hydrogens (tertiary/aromatic N) is 1. The molecule has 4 N–H and O–H groups in total. The number of hydrogen-bond acceptors (Lipinski definition) is 5. The van der Waals surface area contributed by atoms with Crippen LogP contribution in [-0.2, 0) is 4.79 Å². The van der Waals surface area contributed by atoms with E-state index < -0.39 is 5.54 Å². The maximum atomic E-state index is 12.0. The second-order valence-corrected chi connectivity index (χ2v) is 6.21. The number of carbonyl (C=O) groups is 2. The Bertz CT molecular complexity index is 807. The van der Waals surface area contributed by atoms with Crippen LogP contribution in [0.4, 0.5) is 5.69 Å². The van der Waals surface area contributed by atoms with Gasteiger partial charge >= 0.3 is 0 Å². The molecule has 2 rings (SSSR count). The number of aryl methyl sites for hydroxylation is 1. The Morgan fingerprint density at radius 1 is 1.15 bits per heavy atom. The van der Waals surface area contributed by atoms with Crippen molar-refractivity contribution < 1.29 is 14.3 Å². The summed E-state index contributed by atoms with van der Waals surface area (Å²) < 4.78 is 5.85. The highest BCUT2D eigenvalue weighted by atomic mass is 35.5. The minimum atomic E-state index is -0.987. The van der Waals surface area contributed by atoms with E-state index in [1.54, 1.807) is 38.1 Å². The van der Waals surface area contributed by atoms with Crippen LogP contribution in [0.25, 0.3) is 0 Å². The van der Waals surface area contributed by atoms with Crippen molar-refractivity contribution in [2.45, 2.75) is 26.3 Å². The molecule has 1 heterocycles. The molecule has 0 unspecified atom stereocenters. The number of anilines is 1. The lowest BCUT2D eigenvalue weighted by atomic mass is 10.1. The molecule has 7 nitrogen and oxygen atoms in total. The van der Waals surface area contributed by atoms with Gasteiger partial charge < -0.3 is 21.1 Å². The number of rotatable bonds is 5. The zero-order chi connectivity index (χ0) is 18.6. The van der Waals surface area contributed by atoms with Gasteiger partial charge in [0.25, 0.3) is 5.91 Å². The van der Waals surface area contributed by atoms with Crippen LogP contribution in [0.1, 0.15) is 29.9 Å². The maximum absolute atomic E-state index is 12.0. The third-order valence-electron chi connectivity index (χ3n) is 3.45. The molecule has 27 heavy (non-hydrogen) atoms. The van der Waals surface area contributed by atoms with E-state index in [2.05, 4.69) is 15.6 Å². The molecule has 1 aromatic heterocycles. The second-order valence-electron chi connectivity index (χ2n) is 6.21. The predicted molar refractivity (Wildman–Crippen MR) is 110 cm³/mol. The van der Waals surface area contributed by atoms with E-state index in [0.29, 0.717) is 17.2 Å². The van der Waals surface area contributed by atoms with Crippen LogP contribution in [0.15, 0.2) is 36.5 Å². The number of carbonyl (C=O) groups excluding carboxylic acids is 2. The Labute approximate surface area is 170 Å². The van der Waals surface area contributed by atoms with Crippen molar-refractivity contribution in [2.24, 2.45) is 5.73 Å². The van der Waals surface area contributed by atoms with Gasteiger partial charge in [-0.05, 0) is 38.5 Å². The molecule has 0 aliphatic carbocycles. The van der Waals surface area contributed by atoms with Gasteiger partial charge in [0.05, 0.1) is 5.54 Å². The van der Waals surface area contributed by atoms with Crippen LogP contribution in [0, 0.1) is 6.92 Å². The van der Waals surface area contributed by atoms with Gasteiger partial charge in [0.15, 0.2) is 0 Å². The third-order valence-corrected chi connectivity index (χ3v) is 3.45. The number of amides is 2. The molecule has 9 heteroatoms. The molecule has 2 amide bonds. The number of benzene rings is 1. The summed E-state index contributed by atoms with van der Waals surface area (Å²) in [5.41, 5.74) is 6.51. The zero-order valence-corrected chi connectivity index (χ0v) is 17.2. The van der Waals surface area contributed by atoms with E-state index in [-0.39, 0.29) is 42.3 Å². The Balaban J connectivity index is 0.00000338. The summed E-state index contributed by atoms with van der Waals surface area (Å²) in [4.78, 5) is 27.7. The Morgan fingerprint density at radius 2 is 1.81 bits per heavy atom. The summed E-state index contributed by atoms with van der Waals surface area (Å²) in [5.74, 6) is 0.433. The van der Waals surface area contributed by atoms with Crippen molar-refractivity contribution in [3.05, 3.63) is 47.8 Å². The molecule has 0 spiro atoms. The monoisotopic (exact) mass is 414 g/mol. The average molecular weight is 415 g/mol. The first-order chi connectivity index (χ1) is 11.7. The van der Waals surface area contributed by atoms with Gasteiger partial charge in [-0.3, -0.25) is 14.6 Å². The normalized spacial score (nSPS) is 10.1. The molecule has 0 aliphatic rings. The summed E-state index contributed by atoms with van der Waals surface area (Å²) in [6.07, 6.45) is 1.50. The molecule has 0 saturated heterocycles. The minimum absolute atomic E-state index is 0. The van der Waals surface area contributed by atoms with Crippen LogP contribution in [-0.4, -0.2) is 29.4 Å². The lowest BCUT2D eigenvalue weighted by Crippen LogP contribution is -2.45. The van der Waals surface area contributed by atoms with Crippen molar-refractivity contribution in [3.63, 3.8) is 0 Å². The molecule has 0 radical (unpaired) electrons. The lowest BCUT2D eigenvalue weighted by Gasteiger charge is -2.18. The minimum Gasteiger partial charge on any atom is -0.457 e. The molecule has 0 atom stereocenters. The van der Waals surface area contributed by atoms with Crippen LogP contribution in [0.3, 0.4) is 0 Å². The summed E-state index contributed by atoms with van der Waals surface area (Å²) in [6.45, 7) is 5.14. The fourth-order valence-corrected chi connectivity index (χ4v) is 1.93. The Morgan fingerprint density at radius 3 is 2.41 bits per heavy atom. The molecule has 0 saturated carbocycles. The number of nitrogens with one attached hydrogen (secondary N) is 2. The molecule has 1 aromatic carbocycles. The molecule has 0 bridgehead atoms. The number of pyridine rings is 1. The Kier molecular flexibility index (Phi) is 9.23. The quantitative estimate of drug-likeness (QED) is 0.696. The van der Waals surface area contributed by atoms with Gasteiger partial charge in [-0.25, -0.2) is 0 Å². The second kappa shape index (κ2) is 10.1. The van der Waals surface area contributed by atoms with Gasteiger partial charge in [-0.2, -0.15) is 0 Å². The third kappa shape index (κ3) is 6.71. The summed E-state index contributed by atoms with van der Waals surface area (Å²) in [5, 5.41) is 5.27. The lowest BCUT2D eigenvalue weighted by molar-refractivity contribution is -0.120. The van der Waals surface area contributed by atoms with Gasteiger partial charge in [0.2, 0.25) is 5.91 Å². The van der Waals surface area contributed by atoms with Crippen LogP contribution >= 0.6 is 24.8 Å². The van der Waals surface area contributed by atoms with Crippen LogP contribution < -0.4 is 21.1 Å². The first-order valence-electron chi connectivity index (χ1n) is 7.77. The number of hydrogen-bond donors (Lipinski definition) is 3. The standard InChI is InChI=1S/C18H22N4O3.2ClH/c1-11-5-6-12(22-17(24)18(2,3)19)9-15(11)25-13-7-8-21-14(10-13)16(23)20-4;;/h5-10H,19H2,1-4H3,(H,20,23)(H,22,24);2*1H. The highest BCUT2D eigenvalue weighted by molar-refractivity contribution is 5.97. The van der Waals surface area contributed by atoms with E-state index in [1.807, 2.05) is 13.0 Å². The molecule has 148 valence electrons. The molecule has 2 aromatic rings. The van der Waals surface area contributed by atoms with E-state index in [4.69, 9.17) is 10.5 Å². The zero-order valence-electron chi connectivity index (χ0n) is 15.5. The summed E-state index contributed by atoms with van der Waals surface area (Å²) >= 11 is 0. The number of aromatic nitrogens is 1. The number of nitrogens with two attached hydrogens (primary N) is 1. The van der Waals surface area contributed by atoms with E-state index >= 15 is 0 Å². The SMILES string of the molecule is CNC(=O)c1cc(Oc2cc(NC(=O)C(C)(C)N)ccc2C)ccn1.Cl.Cl. The predicted octanol–water partition coefficient (Wildman–Crippen LogP) is 3.06. The van der Waals surface area contributed by atoms with Gasteiger partial charge in [0.1, 0.15) is 17.2 Å². The number of halogens is 2. The molecule has 0 fully saturated rings. The van der Waals surface area contributed by atoms with Crippen molar-refractivity contribution >= 4 is 42.3 Å². The average Bonchev–Trinajstić information content (AvgIpc) is 2.56. The van der Waals surface area contributed by atoms with E-state index in [9.17, 15) is 9.59 Å². The molecular formula is C18H24Cl2N4O3. The fourth-order valence-electron chi connectivity index (χ4n) is 1.93. The number of ether oxygens (including phenoxy) is 1. The maximum Gasteiger partial charge on any atom is 0.269 e. The van der Waals surface area contributed by atoms with Crippen LogP contribution in [0.5, 0.6) is 11.5 Å². The highest BCUT2D eigenvalue weighted by Gasteiger charge is 2.22. The molecular weight excluding hydrogens is 391 g/mol. The van der Waals surface area contributed by atoms with Crippen molar-refractivity contribution in [1.29, 1.82) is 0 Å². The van der Waals surface area contributed by atoms with Crippen LogP contribution in [0.2, 0.25) is 0 Å². The smallest absolute Gasteiger partial charge is 0.269 e. The Hall–Kier alpha value is -2.35. The first-order valence-corrected chi connectivity index (χ1v) is 7.77. The van der Waals surface area contributed by atoms with E-state index in [0.717, 1.165) is 5.56 Å². The van der Waals surface area contributed by atoms with Crippen molar-refractivity contribution in [2.75, 3.05) is 12.4 Å². The fraction of sp³-hybridized carbons (Fsp3) is 0.278. The summed E-state index contributed by atoms with van der Waals surface area (Å²) in [7, 11) is 1.53. The topological polar surface area (TPSA) is 106 Å². The van der Waals surface area contributed by atoms with E-state index in [1.165, 1.54) is 13.2 Å². The molecule has 0 aliphatic heterocycles. The largest absolute Gasteiger partial charge is 0.457 e. The van der Waals surface area contributed by atoms with Gasteiger partial charge in [-0.15, -0.1) is 24.8 Å². The van der Waals surface area contributed by atoms with Crippen molar-refractivity contribution in [1.82, 2.24) is 10.3 Å². The first kappa shape index (κ1) is 24.7.